The maximum Gasteiger partial charge on any atom is 0.227 e. The fourth-order valence-corrected chi connectivity index (χ4v) is 2.24. The number of carbonyl (C=O) groups is 1. The molecule has 2 rings (SSSR count). The van der Waals surface area contributed by atoms with Gasteiger partial charge in [0.05, 0.1) is 5.92 Å². The highest BCUT2D eigenvalue weighted by Crippen LogP contribution is 2.30. The van der Waals surface area contributed by atoms with E-state index in [1.54, 1.807) is 0 Å². The Kier molecular flexibility index (Phi) is 5.83. The smallest absolute Gasteiger partial charge is 0.227 e. The minimum atomic E-state index is -0.222. The first-order valence-electron chi connectivity index (χ1n) is 6.65. The van der Waals surface area contributed by atoms with Gasteiger partial charge in [-0.1, -0.05) is 37.3 Å². The second kappa shape index (κ2) is 6.92. The molecular weight excluding hydrogens is 260 g/mol. The summed E-state index contributed by atoms with van der Waals surface area (Å²) in [5, 5.41) is 0. The molecule has 0 heterocycles. The number of halogens is 1. The second-order valence-corrected chi connectivity index (χ2v) is 5.39. The molecule has 106 valence electrons. The lowest BCUT2D eigenvalue weighted by molar-refractivity contribution is -0.134. The molecule has 4 heteroatoms. The third kappa shape index (κ3) is 4.22. The minimum Gasteiger partial charge on any atom is -0.345 e. The van der Waals surface area contributed by atoms with Crippen LogP contribution < -0.4 is 5.73 Å². The first-order valence-corrected chi connectivity index (χ1v) is 6.65. The van der Waals surface area contributed by atoms with Crippen LogP contribution in [-0.4, -0.2) is 24.4 Å². The Balaban J connectivity index is 0.00000180. The molecule has 1 aliphatic rings. The highest BCUT2D eigenvalue weighted by atomic mass is 35.5. The monoisotopic (exact) mass is 282 g/mol. The lowest BCUT2D eigenvalue weighted by atomic mass is 9.94. The van der Waals surface area contributed by atoms with Gasteiger partial charge in [0.1, 0.15) is 0 Å². The van der Waals surface area contributed by atoms with Crippen molar-refractivity contribution in [2.45, 2.75) is 25.8 Å². The highest BCUT2D eigenvalue weighted by molar-refractivity contribution is 5.85. The van der Waals surface area contributed by atoms with E-state index in [9.17, 15) is 4.79 Å². The van der Waals surface area contributed by atoms with E-state index in [0.717, 1.165) is 18.0 Å². The third-order valence-corrected chi connectivity index (χ3v) is 3.72. The summed E-state index contributed by atoms with van der Waals surface area (Å²) in [5.74, 6) is 0.702. The van der Waals surface area contributed by atoms with E-state index in [1.807, 2.05) is 49.2 Å². The first kappa shape index (κ1) is 16.0. The van der Waals surface area contributed by atoms with Gasteiger partial charge in [-0.15, -0.1) is 12.4 Å². The minimum absolute atomic E-state index is 0. The Bertz CT molecular complexity index is 406. The molecule has 1 amide bonds. The van der Waals surface area contributed by atoms with E-state index in [-0.39, 0.29) is 30.3 Å². The van der Waals surface area contributed by atoms with E-state index in [4.69, 9.17) is 5.73 Å². The SMILES string of the molecule is CC(C(=O)N(C)CC1CC1)C(N)c1ccccc1.Cl. The first-order chi connectivity index (χ1) is 8.59. The molecule has 0 saturated heterocycles. The second-order valence-electron chi connectivity index (χ2n) is 5.39. The maximum absolute atomic E-state index is 12.3. The van der Waals surface area contributed by atoms with Crippen molar-refractivity contribution in [3.05, 3.63) is 35.9 Å². The lowest BCUT2D eigenvalue weighted by Crippen LogP contribution is -2.38. The van der Waals surface area contributed by atoms with Gasteiger partial charge in [-0.25, -0.2) is 0 Å². The van der Waals surface area contributed by atoms with Crippen molar-refractivity contribution in [1.29, 1.82) is 0 Å². The molecule has 1 aliphatic carbocycles. The molecule has 2 atom stereocenters. The summed E-state index contributed by atoms with van der Waals surface area (Å²) < 4.78 is 0. The number of nitrogens with zero attached hydrogens (tertiary/aromatic N) is 1. The Hall–Kier alpha value is -1.06. The highest BCUT2D eigenvalue weighted by Gasteiger charge is 2.29. The van der Waals surface area contributed by atoms with Gasteiger partial charge in [0.25, 0.3) is 0 Å². The molecule has 1 aromatic carbocycles. The van der Waals surface area contributed by atoms with Crippen molar-refractivity contribution in [2.24, 2.45) is 17.6 Å². The Morgan fingerprint density at radius 3 is 2.47 bits per heavy atom. The zero-order chi connectivity index (χ0) is 13.1. The molecule has 1 fully saturated rings. The van der Waals surface area contributed by atoms with E-state index in [1.165, 1.54) is 12.8 Å². The fraction of sp³-hybridized carbons (Fsp3) is 0.533. The average molecular weight is 283 g/mol. The molecular formula is C15H23ClN2O. The van der Waals surface area contributed by atoms with E-state index in [0.29, 0.717) is 0 Å². The summed E-state index contributed by atoms with van der Waals surface area (Å²) in [6.07, 6.45) is 2.52. The van der Waals surface area contributed by atoms with Crippen LogP contribution in [0.1, 0.15) is 31.4 Å². The molecule has 2 unspecified atom stereocenters. The molecule has 1 aromatic rings. The van der Waals surface area contributed by atoms with Crippen molar-refractivity contribution < 1.29 is 4.79 Å². The fourth-order valence-electron chi connectivity index (χ4n) is 2.24. The zero-order valence-electron chi connectivity index (χ0n) is 11.6. The summed E-state index contributed by atoms with van der Waals surface area (Å²) >= 11 is 0. The van der Waals surface area contributed by atoms with Crippen LogP contribution in [0.25, 0.3) is 0 Å². The van der Waals surface area contributed by atoms with Crippen LogP contribution in [0.5, 0.6) is 0 Å². The van der Waals surface area contributed by atoms with Crippen LogP contribution in [-0.2, 0) is 4.79 Å². The van der Waals surface area contributed by atoms with Gasteiger partial charge < -0.3 is 10.6 Å². The molecule has 3 nitrogen and oxygen atoms in total. The van der Waals surface area contributed by atoms with Crippen molar-refractivity contribution in [2.75, 3.05) is 13.6 Å². The van der Waals surface area contributed by atoms with Crippen LogP contribution in [0.15, 0.2) is 30.3 Å². The quantitative estimate of drug-likeness (QED) is 0.902. The number of hydrogen-bond acceptors (Lipinski definition) is 2. The number of nitrogens with two attached hydrogens (primary N) is 1. The summed E-state index contributed by atoms with van der Waals surface area (Å²) in [5.41, 5.74) is 7.20. The zero-order valence-corrected chi connectivity index (χ0v) is 12.4. The Morgan fingerprint density at radius 2 is 1.95 bits per heavy atom. The van der Waals surface area contributed by atoms with Crippen LogP contribution in [0.2, 0.25) is 0 Å². The Morgan fingerprint density at radius 1 is 1.37 bits per heavy atom. The van der Waals surface area contributed by atoms with Crippen LogP contribution >= 0.6 is 12.4 Å². The molecule has 0 radical (unpaired) electrons. The normalized spacial score (nSPS) is 17.2. The van der Waals surface area contributed by atoms with E-state index in [2.05, 4.69) is 0 Å². The number of amides is 1. The molecule has 0 bridgehead atoms. The van der Waals surface area contributed by atoms with Gasteiger partial charge >= 0.3 is 0 Å². The average Bonchev–Trinajstić information content (AvgIpc) is 3.21. The van der Waals surface area contributed by atoms with Crippen LogP contribution in [0.4, 0.5) is 0 Å². The summed E-state index contributed by atoms with van der Waals surface area (Å²) in [7, 11) is 1.88. The predicted molar refractivity (Wildman–Crippen MR) is 80.1 cm³/mol. The summed E-state index contributed by atoms with van der Waals surface area (Å²) in [4.78, 5) is 14.1. The molecule has 0 spiro atoms. The van der Waals surface area contributed by atoms with Crippen molar-refractivity contribution in [3.63, 3.8) is 0 Å². The standard InChI is InChI=1S/C15H22N2O.ClH/c1-11(14(16)13-6-4-3-5-7-13)15(18)17(2)10-12-8-9-12;/h3-7,11-12,14H,8-10,16H2,1-2H3;1H. The molecule has 0 aliphatic heterocycles. The largest absolute Gasteiger partial charge is 0.345 e. The molecule has 0 aromatic heterocycles. The van der Waals surface area contributed by atoms with Gasteiger partial charge in [-0.3, -0.25) is 4.79 Å². The van der Waals surface area contributed by atoms with Crippen molar-refractivity contribution in [3.8, 4) is 0 Å². The van der Waals surface area contributed by atoms with E-state index >= 15 is 0 Å². The topological polar surface area (TPSA) is 46.3 Å². The number of benzene rings is 1. The third-order valence-electron chi connectivity index (χ3n) is 3.72. The van der Waals surface area contributed by atoms with Crippen LogP contribution in [0.3, 0.4) is 0 Å². The predicted octanol–water partition coefficient (Wildman–Crippen LogP) is 2.61. The molecule has 1 saturated carbocycles. The van der Waals surface area contributed by atoms with Crippen molar-refractivity contribution >= 4 is 18.3 Å². The molecule has 19 heavy (non-hydrogen) atoms. The van der Waals surface area contributed by atoms with Crippen molar-refractivity contribution in [1.82, 2.24) is 4.90 Å². The lowest BCUT2D eigenvalue weighted by Gasteiger charge is -2.25. The summed E-state index contributed by atoms with van der Waals surface area (Å²) in [6, 6.07) is 9.62. The van der Waals surface area contributed by atoms with Gasteiger partial charge in [-0.05, 0) is 24.3 Å². The van der Waals surface area contributed by atoms with Gasteiger partial charge in [-0.2, -0.15) is 0 Å². The molecule has 2 N–H and O–H groups in total. The van der Waals surface area contributed by atoms with Gasteiger partial charge in [0, 0.05) is 19.6 Å². The van der Waals surface area contributed by atoms with E-state index < -0.39 is 0 Å². The summed E-state index contributed by atoms with van der Waals surface area (Å²) in [6.45, 7) is 2.80. The van der Waals surface area contributed by atoms with Gasteiger partial charge in [0.15, 0.2) is 0 Å². The number of hydrogen-bond donors (Lipinski definition) is 1. The number of carbonyl (C=O) groups excluding carboxylic acids is 1. The Labute approximate surface area is 121 Å². The maximum atomic E-state index is 12.3. The van der Waals surface area contributed by atoms with Crippen LogP contribution in [0, 0.1) is 11.8 Å². The van der Waals surface area contributed by atoms with Gasteiger partial charge in [0.2, 0.25) is 5.91 Å². The number of rotatable bonds is 5.